The van der Waals surface area contributed by atoms with Crippen molar-refractivity contribution in [3.63, 3.8) is 0 Å². The summed E-state index contributed by atoms with van der Waals surface area (Å²) in [6.45, 7) is 14.4. The number of carbonyl (C=O) groups excluding carboxylic acids is 3. The molecule has 3 saturated heterocycles. The van der Waals surface area contributed by atoms with Crippen molar-refractivity contribution < 1.29 is 14.4 Å². The summed E-state index contributed by atoms with van der Waals surface area (Å²) in [6.07, 6.45) is 29.5. The molecule has 13 rings (SSSR count). The SMILES string of the molecule is C=CCn1cc(C(=O)N(C)C2CCN(c3cc(CCC)ncn3)CC2)c2cc(/C=C/Cn3cc(C(=O)N(C)C4CCN(c5cc(C)nc(C)n5)CC4)c4ccn(/C=C/Cn5cc(C(=O)N(C)C6CCN(c7ncnc8c7CCC8)CC6)c6cc[nH]c6c5=O)c4c3=O)[nH]c2c1=O. The van der Waals surface area contributed by atoms with E-state index in [4.69, 9.17) is 4.98 Å². The number of pyridine rings is 3. The van der Waals surface area contributed by atoms with Crippen LogP contribution in [0.15, 0.2) is 113 Å². The maximum Gasteiger partial charge on any atom is 0.275 e. The van der Waals surface area contributed by atoms with E-state index >= 15 is 9.59 Å². The summed E-state index contributed by atoms with van der Waals surface area (Å²) >= 11 is 0. The van der Waals surface area contributed by atoms with Gasteiger partial charge in [-0.1, -0.05) is 25.5 Å². The van der Waals surface area contributed by atoms with Crippen LogP contribution in [0.5, 0.6) is 0 Å². The monoisotopic (exact) mass is 1280 g/mol. The number of hydrogen-bond acceptors (Lipinski definition) is 15. The smallest absolute Gasteiger partial charge is 0.275 e. The summed E-state index contributed by atoms with van der Waals surface area (Å²) in [5.74, 6) is 2.81. The van der Waals surface area contributed by atoms with Gasteiger partial charge in [0.05, 0.1) is 16.7 Å². The van der Waals surface area contributed by atoms with E-state index in [9.17, 15) is 19.2 Å². The van der Waals surface area contributed by atoms with Crippen LogP contribution in [-0.2, 0) is 38.9 Å². The molecule has 492 valence electrons. The van der Waals surface area contributed by atoms with Crippen molar-refractivity contribution in [1.29, 1.82) is 0 Å². The molecule has 2 N–H and O–H groups in total. The molecule has 24 nitrogen and oxygen atoms in total. The number of amides is 3. The van der Waals surface area contributed by atoms with Gasteiger partial charge in [0.15, 0.2) is 0 Å². The first-order valence-corrected chi connectivity index (χ1v) is 33.2. The zero-order valence-corrected chi connectivity index (χ0v) is 55.0. The van der Waals surface area contributed by atoms with Gasteiger partial charge in [0.25, 0.3) is 34.4 Å². The lowest BCUT2D eigenvalue weighted by molar-refractivity contribution is 0.0702. The van der Waals surface area contributed by atoms with Crippen LogP contribution < -0.4 is 31.4 Å². The quantitative estimate of drug-likeness (QED) is 0.0733. The number of rotatable bonds is 19. The lowest BCUT2D eigenvalue weighted by atomic mass is 10.0. The maximum absolute atomic E-state index is 15.1. The van der Waals surface area contributed by atoms with Crippen LogP contribution in [0.2, 0.25) is 0 Å². The van der Waals surface area contributed by atoms with E-state index < -0.39 is 0 Å². The second-order valence-electron chi connectivity index (χ2n) is 25.8. The molecule has 4 aliphatic rings. The van der Waals surface area contributed by atoms with E-state index in [1.165, 1.54) is 19.3 Å². The lowest BCUT2D eigenvalue weighted by Crippen LogP contribution is -2.46. The Morgan fingerprint density at radius 3 is 1.87 bits per heavy atom. The molecule has 0 radical (unpaired) electrons. The zero-order chi connectivity index (χ0) is 66.2. The van der Waals surface area contributed by atoms with Gasteiger partial charge in [-0.3, -0.25) is 28.8 Å². The second kappa shape index (κ2) is 27.0. The molecule has 12 heterocycles. The van der Waals surface area contributed by atoms with E-state index in [1.807, 2.05) is 41.1 Å². The summed E-state index contributed by atoms with van der Waals surface area (Å²) in [6, 6.07) is 9.17. The minimum atomic E-state index is -0.376. The number of allylic oxidation sites excluding steroid dienone is 3. The van der Waals surface area contributed by atoms with Crippen LogP contribution in [0.1, 0.15) is 124 Å². The fraction of sp³-hybridized carbons (Fsp3) is 0.408. The highest BCUT2D eigenvalue weighted by Crippen LogP contribution is 2.32. The molecule has 3 fully saturated rings. The number of anilines is 3. The fourth-order valence-electron chi connectivity index (χ4n) is 14.6. The average molecular weight is 1280 g/mol. The number of fused-ring (bicyclic) bond motifs is 4. The van der Waals surface area contributed by atoms with Gasteiger partial charge in [-0.2, -0.15) is 0 Å². The fourth-order valence-corrected chi connectivity index (χ4v) is 14.6. The van der Waals surface area contributed by atoms with Crippen LogP contribution in [-0.4, -0.2) is 169 Å². The molecule has 3 aliphatic heterocycles. The van der Waals surface area contributed by atoms with Gasteiger partial charge in [0.1, 0.15) is 52.5 Å². The third kappa shape index (κ3) is 12.6. The van der Waals surface area contributed by atoms with E-state index in [0.29, 0.717) is 75.8 Å². The molecular weight excluding hydrogens is 1200 g/mol. The molecule has 3 amide bonds. The predicted octanol–water partition coefficient (Wildman–Crippen LogP) is 7.81. The second-order valence-corrected chi connectivity index (χ2v) is 25.8. The van der Waals surface area contributed by atoms with Crippen molar-refractivity contribution in [1.82, 2.24) is 72.8 Å². The van der Waals surface area contributed by atoms with Gasteiger partial charge >= 0.3 is 0 Å². The van der Waals surface area contributed by atoms with Crippen molar-refractivity contribution in [3.8, 4) is 0 Å². The molecule has 1 aliphatic carbocycles. The van der Waals surface area contributed by atoms with Crippen LogP contribution in [0.25, 0.3) is 45.0 Å². The highest BCUT2D eigenvalue weighted by atomic mass is 16.2. The van der Waals surface area contributed by atoms with Crippen molar-refractivity contribution in [3.05, 3.63) is 181 Å². The number of nitrogens with one attached hydrogen (secondary N) is 2. The molecule has 0 spiro atoms. The average Bonchev–Trinajstić information content (AvgIpc) is 1.72. The summed E-state index contributed by atoms with van der Waals surface area (Å²) in [5.41, 5.74) is 5.74. The molecule has 9 aromatic heterocycles. The Bertz CT molecular complexity index is 4660. The third-order valence-corrected chi connectivity index (χ3v) is 19.8. The topological polar surface area (TPSA) is 250 Å². The predicted molar refractivity (Wildman–Crippen MR) is 369 cm³/mol. The molecule has 0 saturated carbocycles. The Kier molecular flexibility index (Phi) is 18.0. The van der Waals surface area contributed by atoms with Gasteiger partial charge in [0.2, 0.25) is 0 Å². The molecule has 0 atom stereocenters. The number of hydrogen-bond donors (Lipinski definition) is 2. The van der Waals surface area contributed by atoms with Crippen LogP contribution in [0.4, 0.5) is 17.5 Å². The van der Waals surface area contributed by atoms with Gasteiger partial charge in [0, 0.05) is 192 Å². The van der Waals surface area contributed by atoms with Crippen molar-refractivity contribution in [2.24, 2.45) is 0 Å². The lowest BCUT2D eigenvalue weighted by Gasteiger charge is -2.38. The zero-order valence-electron chi connectivity index (χ0n) is 55.0. The summed E-state index contributed by atoms with van der Waals surface area (Å²) in [4.78, 5) is 133. The number of aromatic amines is 2. The number of nitrogens with zero attached hydrogens (tertiary/aromatic N) is 16. The number of aryl methyl sites for hydroxylation is 4. The molecular formula is C71H82N18O6. The summed E-state index contributed by atoms with van der Waals surface area (Å²) < 4.78 is 6.15. The van der Waals surface area contributed by atoms with Gasteiger partial charge < -0.3 is 57.6 Å². The highest BCUT2D eigenvalue weighted by Gasteiger charge is 2.33. The first-order valence-electron chi connectivity index (χ1n) is 33.2. The number of H-pyrrole nitrogens is 2. The minimum absolute atomic E-state index is 0.0250. The molecule has 0 aromatic carbocycles. The molecule has 24 heteroatoms. The Morgan fingerprint density at radius 2 is 1.22 bits per heavy atom. The third-order valence-electron chi connectivity index (χ3n) is 19.8. The maximum atomic E-state index is 15.1. The van der Waals surface area contributed by atoms with Crippen LogP contribution in [0, 0.1) is 13.8 Å². The number of carbonyl (C=O) groups is 3. The molecule has 9 aromatic rings. The van der Waals surface area contributed by atoms with Crippen molar-refractivity contribution >= 4 is 80.2 Å². The molecule has 0 bridgehead atoms. The summed E-state index contributed by atoms with van der Waals surface area (Å²) in [7, 11) is 5.47. The van der Waals surface area contributed by atoms with Gasteiger partial charge in [-0.05, 0) is 108 Å². The first-order chi connectivity index (χ1) is 46.0. The van der Waals surface area contributed by atoms with E-state index in [1.54, 1.807) is 112 Å². The van der Waals surface area contributed by atoms with Crippen molar-refractivity contribution in [2.75, 3.05) is 75.1 Å². The Labute approximate surface area is 550 Å². The van der Waals surface area contributed by atoms with E-state index in [2.05, 4.69) is 69.2 Å². The minimum Gasteiger partial charge on any atom is -0.357 e. The molecule has 95 heavy (non-hydrogen) atoms. The summed E-state index contributed by atoms with van der Waals surface area (Å²) in [5, 5.41) is 1.47. The largest absolute Gasteiger partial charge is 0.357 e. The standard InChI is InChI=1S/C71H82N18O6/c1-8-13-47-39-60(75-43-73-47)83-30-18-49(19-31-83)82(7)68(92)58-42-87(26-9-2)70(94)63-55(58)38-48(79-63)14-11-27-89-41-57(67(91)81(6)50-20-32-84(33-21-50)61-37-45(3)77-46(4)78-61)53-24-36-85(64(53)71(89)95)28-12-29-88-40-56(52-17-25-72-62(52)69(88)93)66(90)80(5)51-22-34-86(35-23-51)65-54-15-10-16-59(54)74-44-76-65/h9,11-12,14,17,24-25,28,36-44,49-51,72,79H,2,8,10,13,15-16,18-23,26-27,29-35H2,1,3-7H3/b14-11+,28-12+. The van der Waals surface area contributed by atoms with Gasteiger partial charge in [-0.25, -0.2) is 29.9 Å². The number of aromatic nitrogens is 12. The first kappa shape index (κ1) is 63.5. The number of piperidine rings is 3. The van der Waals surface area contributed by atoms with Gasteiger partial charge in [-0.15, -0.1) is 6.58 Å². The van der Waals surface area contributed by atoms with Crippen molar-refractivity contribution in [2.45, 2.75) is 129 Å². The Morgan fingerprint density at radius 1 is 0.632 bits per heavy atom. The normalized spacial score (nSPS) is 15.9. The Hall–Kier alpha value is -10.3. The van der Waals surface area contributed by atoms with Crippen LogP contribution in [0.3, 0.4) is 0 Å². The van der Waals surface area contributed by atoms with Crippen LogP contribution >= 0.6 is 0 Å². The Balaban J connectivity index is 0.767. The van der Waals surface area contributed by atoms with E-state index in [0.717, 1.165) is 119 Å². The molecule has 0 unspecified atom stereocenters. The highest BCUT2D eigenvalue weighted by molar-refractivity contribution is 6.08. The van der Waals surface area contributed by atoms with E-state index in [-0.39, 0.29) is 83.2 Å².